The summed E-state index contributed by atoms with van der Waals surface area (Å²) in [5, 5.41) is 0. The zero-order valence-corrected chi connectivity index (χ0v) is 12.4. The number of hydrogen-bond donors (Lipinski definition) is 1. The number of nitrogens with two attached hydrogens (primary N) is 1. The third-order valence-electron chi connectivity index (χ3n) is 3.32. The van der Waals surface area contributed by atoms with Crippen LogP contribution in [0.4, 0.5) is 0 Å². The molecule has 19 heavy (non-hydrogen) atoms. The SMILES string of the molecule is CCCCCN(C(=O)c1ccc(CN)cc1)C(C)C. The molecule has 1 aromatic rings. The van der Waals surface area contributed by atoms with Crippen molar-refractivity contribution >= 4 is 5.91 Å². The molecule has 3 heteroatoms. The van der Waals surface area contributed by atoms with Crippen molar-refractivity contribution in [2.24, 2.45) is 5.73 Å². The molecule has 1 rings (SSSR count). The van der Waals surface area contributed by atoms with E-state index in [0.717, 1.165) is 24.1 Å². The molecule has 0 aliphatic rings. The van der Waals surface area contributed by atoms with Crippen LogP contribution in [-0.2, 0) is 6.54 Å². The van der Waals surface area contributed by atoms with Gasteiger partial charge in [-0.15, -0.1) is 0 Å². The molecule has 0 bridgehead atoms. The second kappa shape index (κ2) is 7.95. The normalized spacial score (nSPS) is 10.8. The summed E-state index contributed by atoms with van der Waals surface area (Å²) in [5.74, 6) is 0.120. The molecule has 0 saturated carbocycles. The van der Waals surface area contributed by atoms with Gasteiger partial charge in [0.15, 0.2) is 0 Å². The summed E-state index contributed by atoms with van der Waals surface area (Å²) >= 11 is 0. The van der Waals surface area contributed by atoms with E-state index in [1.54, 1.807) is 0 Å². The van der Waals surface area contributed by atoms with Gasteiger partial charge < -0.3 is 10.6 Å². The predicted octanol–water partition coefficient (Wildman–Crippen LogP) is 3.19. The minimum Gasteiger partial charge on any atom is -0.336 e. The first kappa shape index (κ1) is 15.7. The van der Waals surface area contributed by atoms with Crippen LogP contribution in [0.1, 0.15) is 56.0 Å². The molecule has 0 radical (unpaired) electrons. The fourth-order valence-corrected chi connectivity index (χ4v) is 2.08. The van der Waals surface area contributed by atoms with Gasteiger partial charge in [0.2, 0.25) is 0 Å². The average molecular weight is 262 g/mol. The zero-order chi connectivity index (χ0) is 14.3. The average Bonchev–Trinajstić information content (AvgIpc) is 2.42. The number of carbonyl (C=O) groups is 1. The van der Waals surface area contributed by atoms with Gasteiger partial charge in [0.25, 0.3) is 5.91 Å². The molecule has 0 unspecified atom stereocenters. The van der Waals surface area contributed by atoms with Gasteiger partial charge in [-0.3, -0.25) is 4.79 Å². The minimum atomic E-state index is 0.120. The van der Waals surface area contributed by atoms with Crippen LogP contribution in [0.15, 0.2) is 24.3 Å². The number of nitrogens with zero attached hydrogens (tertiary/aromatic N) is 1. The van der Waals surface area contributed by atoms with Gasteiger partial charge in [0.1, 0.15) is 0 Å². The van der Waals surface area contributed by atoms with E-state index in [2.05, 4.69) is 20.8 Å². The van der Waals surface area contributed by atoms with Crippen LogP contribution in [0.5, 0.6) is 0 Å². The quantitative estimate of drug-likeness (QED) is 0.767. The molecule has 1 aromatic carbocycles. The summed E-state index contributed by atoms with van der Waals surface area (Å²) in [5.41, 5.74) is 7.38. The lowest BCUT2D eigenvalue weighted by atomic mass is 10.1. The molecule has 0 spiro atoms. The summed E-state index contributed by atoms with van der Waals surface area (Å²) in [6.07, 6.45) is 3.41. The molecule has 0 aromatic heterocycles. The Morgan fingerprint density at radius 3 is 2.32 bits per heavy atom. The van der Waals surface area contributed by atoms with Crippen LogP contribution < -0.4 is 5.73 Å². The van der Waals surface area contributed by atoms with Crippen LogP contribution >= 0.6 is 0 Å². The Morgan fingerprint density at radius 1 is 1.21 bits per heavy atom. The first-order chi connectivity index (χ1) is 9.10. The van der Waals surface area contributed by atoms with Gasteiger partial charge in [-0.2, -0.15) is 0 Å². The highest BCUT2D eigenvalue weighted by Gasteiger charge is 2.17. The van der Waals surface area contributed by atoms with E-state index in [9.17, 15) is 4.79 Å². The molecule has 0 saturated heterocycles. The van der Waals surface area contributed by atoms with Crippen molar-refractivity contribution in [3.63, 3.8) is 0 Å². The Hall–Kier alpha value is -1.35. The highest BCUT2D eigenvalue weighted by Crippen LogP contribution is 2.11. The number of benzene rings is 1. The topological polar surface area (TPSA) is 46.3 Å². The van der Waals surface area contributed by atoms with Crippen LogP contribution in [0.3, 0.4) is 0 Å². The smallest absolute Gasteiger partial charge is 0.254 e. The highest BCUT2D eigenvalue weighted by atomic mass is 16.2. The Bertz CT molecular complexity index is 384. The van der Waals surface area contributed by atoms with Crippen LogP contribution in [0.25, 0.3) is 0 Å². The fraction of sp³-hybridized carbons (Fsp3) is 0.562. The summed E-state index contributed by atoms with van der Waals surface area (Å²) in [6, 6.07) is 7.84. The second-order valence-corrected chi connectivity index (χ2v) is 5.20. The number of amides is 1. The van der Waals surface area contributed by atoms with Gasteiger partial charge in [0, 0.05) is 24.7 Å². The van der Waals surface area contributed by atoms with E-state index in [1.807, 2.05) is 29.2 Å². The van der Waals surface area contributed by atoms with Crippen molar-refractivity contribution < 1.29 is 4.79 Å². The third kappa shape index (κ3) is 4.67. The first-order valence-electron chi connectivity index (χ1n) is 7.20. The van der Waals surface area contributed by atoms with Crippen LogP contribution in [0.2, 0.25) is 0 Å². The molecule has 106 valence electrons. The number of hydrogen-bond acceptors (Lipinski definition) is 2. The Labute approximate surface area is 116 Å². The van der Waals surface area contributed by atoms with E-state index < -0.39 is 0 Å². The molecule has 0 aliphatic carbocycles. The molecule has 0 fully saturated rings. The molecule has 2 N–H and O–H groups in total. The van der Waals surface area contributed by atoms with Gasteiger partial charge in [-0.25, -0.2) is 0 Å². The van der Waals surface area contributed by atoms with E-state index in [0.29, 0.717) is 6.54 Å². The van der Waals surface area contributed by atoms with E-state index in [1.165, 1.54) is 12.8 Å². The third-order valence-corrected chi connectivity index (χ3v) is 3.32. The van der Waals surface area contributed by atoms with Gasteiger partial charge >= 0.3 is 0 Å². The monoisotopic (exact) mass is 262 g/mol. The van der Waals surface area contributed by atoms with Crippen molar-refractivity contribution in [3.05, 3.63) is 35.4 Å². The van der Waals surface area contributed by atoms with Crippen molar-refractivity contribution in [2.75, 3.05) is 6.54 Å². The summed E-state index contributed by atoms with van der Waals surface area (Å²) in [6.45, 7) is 7.66. The highest BCUT2D eigenvalue weighted by molar-refractivity contribution is 5.94. The zero-order valence-electron chi connectivity index (χ0n) is 12.4. The lowest BCUT2D eigenvalue weighted by Crippen LogP contribution is -2.37. The summed E-state index contributed by atoms with van der Waals surface area (Å²) < 4.78 is 0. The molecule has 0 heterocycles. The molecular weight excluding hydrogens is 236 g/mol. The van der Waals surface area contributed by atoms with Gasteiger partial charge in [-0.05, 0) is 38.0 Å². The lowest BCUT2D eigenvalue weighted by molar-refractivity contribution is 0.0702. The van der Waals surface area contributed by atoms with Crippen molar-refractivity contribution in [1.82, 2.24) is 4.90 Å². The van der Waals surface area contributed by atoms with Crippen LogP contribution in [-0.4, -0.2) is 23.4 Å². The Balaban J connectivity index is 2.74. The Morgan fingerprint density at radius 2 is 1.84 bits per heavy atom. The molecule has 3 nitrogen and oxygen atoms in total. The second-order valence-electron chi connectivity index (χ2n) is 5.20. The number of unbranched alkanes of at least 4 members (excludes halogenated alkanes) is 2. The first-order valence-corrected chi connectivity index (χ1v) is 7.20. The van der Waals surface area contributed by atoms with Crippen molar-refractivity contribution in [3.8, 4) is 0 Å². The number of rotatable bonds is 7. The molecule has 1 amide bonds. The van der Waals surface area contributed by atoms with Crippen LogP contribution in [0, 0.1) is 0 Å². The van der Waals surface area contributed by atoms with Gasteiger partial charge in [-0.1, -0.05) is 31.9 Å². The Kier molecular flexibility index (Phi) is 6.57. The molecular formula is C16H26N2O. The standard InChI is InChI=1S/C16H26N2O/c1-4-5-6-11-18(13(2)3)16(19)15-9-7-14(12-17)8-10-15/h7-10,13H,4-6,11-12,17H2,1-3H3. The predicted molar refractivity (Wildman–Crippen MR) is 80.0 cm³/mol. The largest absolute Gasteiger partial charge is 0.336 e. The van der Waals surface area contributed by atoms with E-state index in [-0.39, 0.29) is 11.9 Å². The van der Waals surface area contributed by atoms with E-state index >= 15 is 0 Å². The molecule has 0 aliphatic heterocycles. The maximum absolute atomic E-state index is 12.5. The maximum Gasteiger partial charge on any atom is 0.254 e. The lowest BCUT2D eigenvalue weighted by Gasteiger charge is -2.27. The van der Waals surface area contributed by atoms with Crippen molar-refractivity contribution in [2.45, 2.75) is 52.6 Å². The molecule has 0 atom stereocenters. The fourth-order valence-electron chi connectivity index (χ4n) is 2.08. The number of carbonyl (C=O) groups excluding carboxylic acids is 1. The summed E-state index contributed by atoms with van der Waals surface area (Å²) in [7, 11) is 0. The van der Waals surface area contributed by atoms with E-state index in [4.69, 9.17) is 5.73 Å². The minimum absolute atomic E-state index is 0.120. The van der Waals surface area contributed by atoms with Crippen molar-refractivity contribution in [1.29, 1.82) is 0 Å². The maximum atomic E-state index is 12.5. The summed E-state index contributed by atoms with van der Waals surface area (Å²) in [4.78, 5) is 14.4. The van der Waals surface area contributed by atoms with Gasteiger partial charge in [0.05, 0.1) is 0 Å².